The van der Waals surface area contributed by atoms with Crippen LogP contribution in [-0.4, -0.2) is 54.0 Å². The third-order valence-electron chi connectivity index (χ3n) is 5.45. The molecule has 0 aliphatic carbocycles. The summed E-state index contributed by atoms with van der Waals surface area (Å²) in [4.78, 5) is 29.3. The summed E-state index contributed by atoms with van der Waals surface area (Å²) in [7, 11) is 0. The fraction of sp³-hybridized carbons (Fsp3) is 0.619. The number of rotatable bonds is 4. The Morgan fingerprint density at radius 1 is 1.15 bits per heavy atom. The number of fused-ring (bicyclic) bond motifs is 1. The lowest BCUT2D eigenvalue weighted by atomic mass is 10.1. The van der Waals surface area contributed by atoms with Crippen molar-refractivity contribution in [3.05, 3.63) is 23.8 Å². The molecule has 2 heterocycles. The Labute approximate surface area is 162 Å². The largest absolute Gasteiger partial charge is 0.326 e. The number of nitrogens with one attached hydrogen (secondary N) is 2. The summed E-state index contributed by atoms with van der Waals surface area (Å²) < 4.78 is 0. The molecule has 2 fully saturated rings. The maximum atomic E-state index is 12.8. The van der Waals surface area contributed by atoms with Gasteiger partial charge in [-0.3, -0.25) is 9.69 Å². The molecule has 0 aromatic heterocycles. The fourth-order valence-electron chi connectivity index (χ4n) is 4.00. The predicted octanol–water partition coefficient (Wildman–Crippen LogP) is 3.68. The highest BCUT2D eigenvalue weighted by atomic mass is 16.2. The summed E-state index contributed by atoms with van der Waals surface area (Å²) in [5.74, 6) is 0.313. The molecule has 3 amide bonds. The van der Waals surface area contributed by atoms with Crippen molar-refractivity contribution in [2.45, 2.75) is 52.5 Å². The van der Waals surface area contributed by atoms with E-state index >= 15 is 0 Å². The van der Waals surface area contributed by atoms with Crippen LogP contribution >= 0.6 is 0 Å². The zero-order chi connectivity index (χ0) is 19.4. The average molecular weight is 373 g/mol. The van der Waals surface area contributed by atoms with Gasteiger partial charge in [0.05, 0.1) is 0 Å². The number of hydrogen-bond donors (Lipinski definition) is 2. The molecule has 0 radical (unpaired) electrons. The van der Waals surface area contributed by atoms with Gasteiger partial charge in [-0.2, -0.15) is 0 Å². The van der Waals surface area contributed by atoms with Crippen LogP contribution in [0.1, 0.15) is 45.1 Å². The van der Waals surface area contributed by atoms with Gasteiger partial charge in [0.25, 0.3) is 0 Å². The molecule has 0 bridgehead atoms. The van der Waals surface area contributed by atoms with Crippen LogP contribution in [0.3, 0.4) is 0 Å². The van der Waals surface area contributed by atoms with Gasteiger partial charge in [-0.1, -0.05) is 19.9 Å². The van der Waals surface area contributed by atoms with E-state index in [1.165, 1.54) is 12.8 Å². The first-order chi connectivity index (χ1) is 12.9. The number of nitrogens with zero attached hydrogens (tertiary/aromatic N) is 2. The van der Waals surface area contributed by atoms with Crippen LogP contribution < -0.4 is 10.6 Å². The van der Waals surface area contributed by atoms with Gasteiger partial charge in [0.15, 0.2) is 0 Å². The van der Waals surface area contributed by atoms with Crippen molar-refractivity contribution < 1.29 is 9.59 Å². The number of anilines is 2. The average Bonchev–Trinajstić information content (AvgIpc) is 2.93. The van der Waals surface area contributed by atoms with Gasteiger partial charge in [0, 0.05) is 43.5 Å². The van der Waals surface area contributed by atoms with Crippen LogP contribution in [-0.2, 0) is 4.79 Å². The molecular formula is C21H32N4O2. The Balaban J connectivity index is 1.64. The highest BCUT2D eigenvalue weighted by Crippen LogP contribution is 2.24. The number of urea groups is 1. The lowest BCUT2D eigenvalue weighted by molar-refractivity contribution is -0.116. The van der Waals surface area contributed by atoms with Gasteiger partial charge in [0.2, 0.25) is 5.91 Å². The maximum absolute atomic E-state index is 12.8. The molecule has 2 aliphatic rings. The van der Waals surface area contributed by atoms with Crippen molar-refractivity contribution in [1.82, 2.24) is 9.80 Å². The van der Waals surface area contributed by atoms with Gasteiger partial charge in [0.1, 0.15) is 0 Å². The fourth-order valence-corrected chi connectivity index (χ4v) is 4.00. The second kappa shape index (κ2) is 8.74. The molecule has 2 saturated heterocycles. The number of carbonyl (C=O) groups is 2. The molecule has 1 aromatic carbocycles. The van der Waals surface area contributed by atoms with E-state index in [0.29, 0.717) is 18.4 Å². The minimum Gasteiger partial charge on any atom is -0.326 e. The van der Waals surface area contributed by atoms with Crippen LogP contribution in [0.25, 0.3) is 0 Å². The molecule has 2 aliphatic heterocycles. The maximum Gasteiger partial charge on any atom is 0.321 e. The van der Waals surface area contributed by atoms with Gasteiger partial charge < -0.3 is 15.5 Å². The monoisotopic (exact) mass is 372 g/mol. The Hall–Kier alpha value is -2.08. The Bertz CT molecular complexity index is 689. The normalized spacial score (nSPS) is 20.3. The number of carbonyl (C=O) groups excluding carboxylic acids is 2. The van der Waals surface area contributed by atoms with Crippen molar-refractivity contribution in [3.63, 3.8) is 0 Å². The number of aryl methyl sites for hydroxylation is 1. The van der Waals surface area contributed by atoms with Crippen molar-refractivity contribution in [1.29, 1.82) is 0 Å². The van der Waals surface area contributed by atoms with E-state index in [-0.39, 0.29) is 11.9 Å². The summed E-state index contributed by atoms with van der Waals surface area (Å²) in [6.45, 7) is 9.86. The first-order valence-corrected chi connectivity index (χ1v) is 10.1. The van der Waals surface area contributed by atoms with Gasteiger partial charge in [-0.15, -0.1) is 0 Å². The molecule has 2 N–H and O–H groups in total. The molecule has 0 spiro atoms. The molecule has 27 heavy (non-hydrogen) atoms. The number of benzene rings is 1. The van der Waals surface area contributed by atoms with Gasteiger partial charge in [-0.25, -0.2) is 4.79 Å². The number of amides is 3. The van der Waals surface area contributed by atoms with Crippen LogP contribution in [0.4, 0.5) is 16.2 Å². The second-order valence-corrected chi connectivity index (χ2v) is 8.24. The molecule has 6 heteroatoms. The van der Waals surface area contributed by atoms with Crippen LogP contribution in [0.15, 0.2) is 18.2 Å². The van der Waals surface area contributed by atoms with E-state index in [9.17, 15) is 9.59 Å². The first kappa shape index (κ1) is 19.7. The second-order valence-electron chi connectivity index (χ2n) is 8.24. The van der Waals surface area contributed by atoms with Crippen molar-refractivity contribution >= 4 is 23.3 Å². The summed E-state index contributed by atoms with van der Waals surface area (Å²) in [5, 5.41) is 5.98. The standard InChI is InChI=1S/C21H32N4O2/c1-15(2)12-20(26)22-17-8-7-16(3)19(13-17)23-21(27)25-11-5-10-24-9-4-6-18(24)14-25/h7-8,13,15,18H,4-6,9-12,14H2,1-3H3,(H,22,26)(H,23,27). The third-order valence-corrected chi connectivity index (χ3v) is 5.45. The SMILES string of the molecule is Cc1ccc(NC(=O)CC(C)C)cc1NC(=O)N1CCCN2CCCC2C1. The molecule has 1 aromatic rings. The molecule has 148 valence electrons. The van der Waals surface area contributed by atoms with E-state index < -0.39 is 0 Å². The molecule has 6 nitrogen and oxygen atoms in total. The quantitative estimate of drug-likeness (QED) is 0.847. The summed E-state index contributed by atoms with van der Waals surface area (Å²) in [6.07, 6.45) is 3.92. The van der Waals surface area contributed by atoms with E-state index in [1.54, 1.807) is 0 Å². The highest BCUT2D eigenvalue weighted by molar-refractivity contribution is 5.94. The minimum absolute atomic E-state index is 0.0000255. The molecule has 1 atom stereocenters. The molecule has 3 rings (SSSR count). The van der Waals surface area contributed by atoms with Crippen molar-refractivity contribution in [2.75, 3.05) is 36.8 Å². The summed E-state index contributed by atoms with van der Waals surface area (Å²) >= 11 is 0. The van der Waals surface area contributed by atoms with Crippen molar-refractivity contribution in [3.8, 4) is 0 Å². The van der Waals surface area contributed by atoms with E-state index in [2.05, 4.69) is 15.5 Å². The molecule has 0 saturated carbocycles. The highest BCUT2D eigenvalue weighted by Gasteiger charge is 2.30. The van der Waals surface area contributed by atoms with Gasteiger partial charge in [-0.05, 0) is 56.3 Å². The third kappa shape index (κ3) is 5.22. The molecular weight excluding hydrogens is 340 g/mol. The van der Waals surface area contributed by atoms with Crippen LogP contribution in [0.2, 0.25) is 0 Å². The summed E-state index contributed by atoms with van der Waals surface area (Å²) in [5.41, 5.74) is 2.47. The van der Waals surface area contributed by atoms with E-state index in [0.717, 1.165) is 49.5 Å². The zero-order valence-electron chi connectivity index (χ0n) is 16.8. The topological polar surface area (TPSA) is 64.7 Å². The van der Waals surface area contributed by atoms with Crippen LogP contribution in [0.5, 0.6) is 0 Å². The Morgan fingerprint density at radius 3 is 2.70 bits per heavy atom. The van der Waals surface area contributed by atoms with E-state index in [1.807, 2.05) is 43.9 Å². The molecule has 1 unspecified atom stereocenters. The number of hydrogen-bond acceptors (Lipinski definition) is 3. The van der Waals surface area contributed by atoms with E-state index in [4.69, 9.17) is 0 Å². The lowest BCUT2D eigenvalue weighted by Gasteiger charge is -2.26. The summed E-state index contributed by atoms with van der Waals surface area (Å²) in [6, 6.07) is 6.12. The van der Waals surface area contributed by atoms with Crippen LogP contribution in [0, 0.1) is 12.8 Å². The first-order valence-electron chi connectivity index (χ1n) is 10.1. The smallest absolute Gasteiger partial charge is 0.321 e. The lowest BCUT2D eigenvalue weighted by Crippen LogP contribution is -2.41. The van der Waals surface area contributed by atoms with Crippen molar-refractivity contribution in [2.24, 2.45) is 5.92 Å². The zero-order valence-corrected chi connectivity index (χ0v) is 16.8. The Morgan fingerprint density at radius 2 is 1.93 bits per heavy atom. The predicted molar refractivity (Wildman–Crippen MR) is 109 cm³/mol. The van der Waals surface area contributed by atoms with Gasteiger partial charge >= 0.3 is 6.03 Å². The Kier molecular flexibility index (Phi) is 6.37. The minimum atomic E-state index is -0.0440.